The number of nitrogens with one attached hydrogen (secondary N) is 1. The second-order valence-corrected chi connectivity index (χ2v) is 6.63. The van der Waals surface area contributed by atoms with E-state index in [1.54, 1.807) is 0 Å². The van der Waals surface area contributed by atoms with Gasteiger partial charge in [-0.25, -0.2) is 0 Å². The van der Waals surface area contributed by atoms with E-state index < -0.39 is 5.54 Å². The predicted octanol–water partition coefficient (Wildman–Crippen LogP) is 1.72. The Balaban J connectivity index is 1.99. The Kier molecular flexibility index (Phi) is 5.01. The van der Waals surface area contributed by atoms with Gasteiger partial charge in [-0.15, -0.1) is 0 Å². The van der Waals surface area contributed by atoms with E-state index >= 15 is 0 Å². The molecule has 21 heavy (non-hydrogen) atoms. The summed E-state index contributed by atoms with van der Waals surface area (Å²) in [6.07, 6.45) is 1.14. The zero-order valence-electron chi connectivity index (χ0n) is 13.3. The number of primary amides is 1. The van der Waals surface area contributed by atoms with Crippen LogP contribution in [-0.4, -0.2) is 42.0 Å². The number of likely N-dealkylation sites (tertiary alicyclic amines) is 1. The van der Waals surface area contributed by atoms with Crippen molar-refractivity contribution in [3.63, 3.8) is 0 Å². The van der Waals surface area contributed by atoms with Gasteiger partial charge in [-0.2, -0.15) is 0 Å². The van der Waals surface area contributed by atoms with Crippen molar-refractivity contribution in [3.8, 4) is 0 Å². The van der Waals surface area contributed by atoms with Gasteiger partial charge in [0.15, 0.2) is 0 Å². The fourth-order valence-electron chi connectivity index (χ4n) is 3.25. The van der Waals surface area contributed by atoms with Crippen molar-refractivity contribution >= 4 is 5.91 Å². The molecule has 1 aliphatic rings. The molecule has 1 aliphatic heterocycles. The van der Waals surface area contributed by atoms with Crippen LogP contribution in [0.4, 0.5) is 0 Å². The maximum atomic E-state index is 11.8. The fourth-order valence-corrected chi connectivity index (χ4v) is 3.25. The summed E-state index contributed by atoms with van der Waals surface area (Å²) in [7, 11) is 0. The van der Waals surface area contributed by atoms with Gasteiger partial charge in [-0.05, 0) is 45.2 Å². The van der Waals surface area contributed by atoms with Gasteiger partial charge in [0.25, 0.3) is 0 Å². The standard InChI is InChI=1S/C17H27N3O/c1-13(2)19-17(3,16(18)21)12-20-10-9-15(11-20)14-7-5-4-6-8-14/h4-8,13,15,19H,9-12H2,1-3H3,(H2,18,21). The predicted molar refractivity (Wildman–Crippen MR) is 86.1 cm³/mol. The zero-order chi connectivity index (χ0) is 15.5. The molecule has 1 saturated heterocycles. The molecule has 3 N–H and O–H groups in total. The van der Waals surface area contributed by atoms with E-state index in [0.717, 1.165) is 19.5 Å². The van der Waals surface area contributed by atoms with Crippen LogP contribution >= 0.6 is 0 Å². The van der Waals surface area contributed by atoms with Crippen molar-refractivity contribution in [1.82, 2.24) is 10.2 Å². The molecule has 0 aromatic heterocycles. The number of carbonyl (C=O) groups is 1. The Hall–Kier alpha value is -1.39. The van der Waals surface area contributed by atoms with Crippen LogP contribution < -0.4 is 11.1 Å². The quantitative estimate of drug-likeness (QED) is 0.838. The Bertz CT molecular complexity index is 474. The average molecular weight is 289 g/mol. The summed E-state index contributed by atoms with van der Waals surface area (Å²) in [5.74, 6) is 0.279. The van der Waals surface area contributed by atoms with Crippen LogP contribution in [0, 0.1) is 0 Å². The summed E-state index contributed by atoms with van der Waals surface area (Å²) in [6, 6.07) is 10.8. The number of hydrogen-bond acceptors (Lipinski definition) is 3. The van der Waals surface area contributed by atoms with Crippen LogP contribution in [0.2, 0.25) is 0 Å². The number of hydrogen-bond donors (Lipinski definition) is 2. The van der Waals surface area contributed by atoms with Gasteiger partial charge in [0.2, 0.25) is 5.91 Å². The SMILES string of the molecule is CC(C)NC(C)(CN1CCC(c2ccccc2)C1)C(N)=O. The molecule has 2 rings (SSSR count). The molecule has 2 unspecified atom stereocenters. The van der Waals surface area contributed by atoms with E-state index in [2.05, 4.69) is 34.5 Å². The highest BCUT2D eigenvalue weighted by Crippen LogP contribution is 2.27. The van der Waals surface area contributed by atoms with Crippen molar-refractivity contribution in [2.75, 3.05) is 19.6 Å². The van der Waals surface area contributed by atoms with Crippen LogP contribution in [0.5, 0.6) is 0 Å². The second kappa shape index (κ2) is 6.58. The summed E-state index contributed by atoms with van der Waals surface area (Å²) < 4.78 is 0. The number of amides is 1. The van der Waals surface area contributed by atoms with Crippen LogP contribution in [0.3, 0.4) is 0 Å². The highest BCUT2D eigenvalue weighted by atomic mass is 16.1. The topological polar surface area (TPSA) is 58.4 Å². The van der Waals surface area contributed by atoms with Crippen molar-refractivity contribution in [1.29, 1.82) is 0 Å². The summed E-state index contributed by atoms with van der Waals surface area (Å²) in [5, 5.41) is 3.32. The molecule has 1 amide bonds. The van der Waals surface area contributed by atoms with Gasteiger partial charge < -0.3 is 16.0 Å². The van der Waals surface area contributed by atoms with E-state index in [-0.39, 0.29) is 11.9 Å². The minimum absolute atomic E-state index is 0.232. The molecule has 0 spiro atoms. The van der Waals surface area contributed by atoms with Gasteiger partial charge in [-0.3, -0.25) is 4.79 Å². The molecule has 0 saturated carbocycles. The molecule has 0 radical (unpaired) electrons. The molecule has 1 aromatic carbocycles. The van der Waals surface area contributed by atoms with Crippen LogP contribution in [0.15, 0.2) is 30.3 Å². The van der Waals surface area contributed by atoms with Gasteiger partial charge in [0.1, 0.15) is 5.54 Å². The van der Waals surface area contributed by atoms with Crippen molar-refractivity contribution in [3.05, 3.63) is 35.9 Å². The maximum Gasteiger partial charge on any atom is 0.238 e. The van der Waals surface area contributed by atoms with Crippen molar-refractivity contribution in [2.45, 2.75) is 44.7 Å². The number of carbonyl (C=O) groups excluding carboxylic acids is 1. The van der Waals surface area contributed by atoms with Crippen LogP contribution in [0.25, 0.3) is 0 Å². The van der Waals surface area contributed by atoms with E-state index in [4.69, 9.17) is 5.73 Å². The average Bonchev–Trinajstić information content (AvgIpc) is 2.87. The van der Waals surface area contributed by atoms with Gasteiger partial charge in [-0.1, -0.05) is 30.3 Å². The number of benzene rings is 1. The molecule has 4 nitrogen and oxygen atoms in total. The molecule has 4 heteroatoms. The lowest BCUT2D eigenvalue weighted by atomic mass is 9.98. The molecular weight excluding hydrogens is 262 g/mol. The lowest BCUT2D eigenvalue weighted by molar-refractivity contribution is -0.124. The normalized spacial score (nSPS) is 22.4. The van der Waals surface area contributed by atoms with Crippen LogP contribution in [-0.2, 0) is 4.79 Å². The molecular formula is C17H27N3O. The molecule has 0 aliphatic carbocycles. The minimum Gasteiger partial charge on any atom is -0.368 e. The Morgan fingerprint density at radius 3 is 2.67 bits per heavy atom. The van der Waals surface area contributed by atoms with Gasteiger partial charge in [0, 0.05) is 19.1 Å². The highest BCUT2D eigenvalue weighted by molar-refractivity contribution is 5.84. The summed E-state index contributed by atoms with van der Waals surface area (Å²) in [6.45, 7) is 8.67. The molecule has 0 bridgehead atoms. The van der Waals surface area contributed by atoms with E-state index in [0.29, 0.717) is 12.5 Å². The molecule has 2 atom stereocenters. The first-order chi connectivity index (χ1) is 9.90. The fraction of sp³-hybridized carbons (Fsp3) is 0.588. The smallest absolute Gasteiger partial charge is 0.238 e. The van der Waals surface area contributed by atoms with Crippen LogP contribution in [0.1, 0.15) is 38.7 Å². The largest absolute Gasteiger partial charge is 0.368 e. The first-order valence-electron chi connectivity index (χ1n) is 7.75. The summed E-state index contributed by atoms with van der Waals surface area (Å²) >= 11 is 0. The third-order valence-electron chi connectivity index (χ3n) is 4.23. The molecule has 116 valence electrons. The minimum atomic E-state index is -0.667. The second-order valence-electron chi connectivity index (χ2n) is 6.63. The first kappa shape index (κ1) is 16.0. The third kappa shape index (κ3) is 4.05. The Morgan fingerprint density at radius 1 is 1.43 bits per heavy atom. The molecule has 1 fully saturated rings. The third-order valence-corrected chi connectivity index (χ3v) is 4.23. The zero-order valence-corrected chi connectivity index (χ0v) is 13.3. The maximum absolute atomic E-state index is 11.8. The van der Waals surface area contributed by atoms with Gasteiger partial charge >= 0.3 is 0 Å². The van der Waals surface area contributed by atoms with E-state index in [9.17, 15) is 4.79 Å². The van der Waals surface area contributed by atoms with Crippen molar-refractivity contribution < 1.29 is 4.79 Å². The lowest BCUT2D eigenvalue weighted by Crippen LogP contribution is -2.61. The summed E-state index contributed by atoms with van der Waals surface area (Å²) in [4.78, 5) is 14.2. The Labute approximate surface area is 127 Å². The Morgan fingerprint density at radius 2 is 2.10 bits per heavy atom. The molecule has 1 heterocycles. The number of nitrogens with zero attached hydrogens (tertiary/aromatic N) is 1. The summed E-state index contributed by atoms with van der Waals surface area (Å²) in [5.41, 5.74) is 6.33. The highest BCUT2D eigenvalue weighted by Gasteiger charge is 2.36. The number of nitrogens with two attached hydrogens (primary N) is 1. The van der Waals surface area contributed by atoms with E-state index in [1.165, 1.54) is 5.56 Å². The van der Waals surface area contributed by atoms with Gasteiger partial charge in [0.05, 0.1) is 0 Å². The van der Waals surface area contributed by atoms with Crippen molar-refractivity contribution in [2.24, 2.45) is 5.73 Å². The molecule has 1 aromatic rings. The lowest BCUT2D eigenvalue weighted by Gasteiger charge is -2.33. The number of rotatable bonds is 6. The van der Waals surface area contributed by atoms with E-state index in [1.807, 2.05) is 26.8 Å². The monoisotopic (exact) mass is 289 g/mol. The first-order valence-corrected chi connectivity index (χ1v) is 7.75.